The van der Waals surface area contributed by atoms with Gasteiger partial charge in [-0.15, -0.1) is 34.0 Å². The maximum atomic E-state index is 2.75. The molecule has 14 aromatic carbocycles. The fourth-order valence-corrected chi connectivity index (χ4v) is 18.3. The number of rotatable bonds is 8. The van der Waals surface area contributed by atoms with Crippen LogP contribution in [0.4, 0.5) is 34.1 Å². The topological polar surface area (TPSA) is 6.48 Å². The quantitative estimate of drug-likeness (QED) is 0.140. The van der Waals surface area contributed by atoms with Gasteiger partial charge in [0.2, 0.25) is 0 Å². The Hall–Kier alpha value is -10.6. The number of anilines is 6. The van der Waals surface area contributed by atoms with E-state index in [1.807, 2.05) is 34.0 Å². The second-order valence-electron chi connectivity index (χ2n) is 23.8. The molecule has 2 aliphatic heterocycles. The summed E-state index contributed by atoms with van der Waals surface area (Å²) < 4.78 is 7.70. The van der Waals surface area contributed by atoms with Crippen LogP contribution in [0.3, 0.4) is 0 Å². The van der Waals surface area contributed by atoms with Crippen LogP contribution in [0.25, 0.3) is 127 Å². The monoisotopic (exact) mass is 1190 g/mol. The minimum atomic E-state index is -0.165. The Bertz CT molecular complexity index is 5560. The third kappa shape index (κ3) is 7.95. The van der Waals surface area contributed by atoms with Gasteiger partial charge in [0, 0.05) is 95.1 Å². The molecule has 90 heavy (non-hydrogen) atoms. The minimum Gasteiger partial charge on any atom is -0.310 e. The SMILES string of the molecule is c1ccc(-c2ccc(-c3cccc(-c4ccc(-c5ccccc5)cc4)c3N3c4cc5c(cc4B4c6cc7sc8ccccc8c7cc6N(c6c(-c7ccccc7)cccc6-c6ccccc6)c6c4c3cc3c6sc4ccccc43)sc3ccccc35)cc2)cc1. The van der Waals surface area contributed by atoms with E-state index in [1.54, 1.807) is 0 Å². The molecule has 0 bridgehead atoms. The molecule has 0 aliphatic carbocycles. The lowest BCUT2D eigenvalue weighted by Gasteiger charge is -2.46. The van der Waals surface area contributed by atoms with Crippen LogP contribution in [0, 0.1) is 0 Å². The van der Waals surface area contributed by atoms with E-state index in [9.17, 15) is 0 Å². The minimum absolute atomic E-state index is 0.165. The van der Waals surface area contributed by atoms with Crippen molar-refractivity contribution in [2.75, 3.05) is 9.80 Å². The predicted molar refractivity (Wildman–Crippen MR) is 392 cm³/mol. The highest BCUT2D eigenvalue weighted by Gasteiger charge is 2.47. The average Bonchev–Trinajstić information content (AvgIpc) is 1.13. The van der Waals surface area contributed by atoms with Crippen molar-refractivity contribution in [1.82, 2.24) is 0 Å². The molecule has 0 fully saturated rings. The van der Waals surface area contributed by atoms with Gasteiger partial charge in [0.25, 0.3) is 6.71 Å². The Labute approximate surface area is 533 Å². The number of para-hydroxylation sites is 2. The van der Waals surface area contributed by atoms with E-state index in [0.717, 1.165) is 33.6 Å². The number of nitrogens with zero attached hydrogens (tertiary/aromatic N) is 2. The lowest BCUT2D eigenvalue weighted by atomic mass is 9.33. The summed E-state index contributed by atoms with van der Waals surface area (Å²) in [6.45, 7) is -0.165. The number of hydrogen-bond acceptors (Lipinski definition) is 5. The van der Waals surface area contributed by atoms with Gasteiger partial charge in [0.1, 0.15) is 0 Å². The third-order valence-corrected chi connectivity index (χ3v) is 22.3. The first-order valence-corrected chi connectivity index (χ1v) is 33.3. The van der Waals surface area contributed by atoms with Crippen LogP contribution in [0.2, 0.25) is 0 Å². The predicted octanol–water partition coefficient (Wildman–Crippen LogP) is 22.9. The average molecular weight is 1200 g/mol. The van der Waals surface area contributed by atoms with Gasteiger partial charge < -0.3 is 9.80 Å². The van der Waals surface area contributed by atoms with Gasteiger partial charge >= 0.3 is 0 Å². The van der Waals surface area contributed by atoms with Gasteiger partial charge in [-0.05, 0) is 109 Å². The van der Waals surface area contributed by atoms with Crippen molar-refractivity contribution < 1.29 is 0 Å². The van der Waals surface area contributed by atoms with Gasteiger partial charge in [-0.2, -0.15) is 0 Å². The van der Waals surface area contributed by atoms with Crippen molar-refractivity contribution in [3.05, 3.63) is 309 Å². The van der Waals surface area contributed by atoms with Crippen molar-refractivity contribution in [3.8, 4) is 66.8 Å². The zero-order valence-electron chi connectivity index (χ0n) is 48.6. The van der Waals surface area contributed by atoms with Crippen LogP contribution in [-0.4, -0.2) is 6.71 Å². The molecule has 17 aromatic rings. The molecule has 0 N–H and O–H groups in total. The molecule has 5 heterocycles. The van der Waals surface area contributed by atoms with E-state index in [1.165, 1.54) is 144 Å². The number of hydrogen-bond donors (Lipinski definition) is 0. The maximum Gasteiger partial charge on any atom is 0.252 e. The van der Waals surface area contributed by atoms with Crippen LogP contribution in [0.1, 0.15) is 0 Å². The summed E-state index contributed by atoms with van der Waals surface area (Å²) in [7, 11) is 0. The molecule has 0 unspecified atom stereocenters. The summed E-state index contributed by atoms with van der Waals surface area (Å²) in [4.78, 5) is 5.48. The largest absolute Gasteiger partial charge is 0.310 e. The second kappa shape index (κ2) is 20.5. The molecule has 418 valence electrons. The Morgan fingerprint density at radius 3 is 1.01 bits per heavy atom. The van der Waals surface area contributed by atoms with Crippen molar-refractivity contribution >= 4 is 152 Å². The second-order valence-corrected chi connectivity index (χ2v) is 27.0. The van der Waals surface area contributed by atoms with Crippen LogP contribution >= 0.6 is 34.0 Å². The highest BCUT2D eigenvalue weighted by Crippen LogP contribution is 2.57. The standard InChI is InChI=1S/C84H51BN2S3/c1-5-21-52(22-6-1)54-39-43-58(44-40-54)62-34-20-35-63(59-45-41-55(42-46-59)53-23-7-2-8-24-53)81(62)86-72-47-67-64-29-13-16-36-75(64)88-78(67)50-70(72)85-71-51-79-68(65-30-14-17-37-76(65)89-79)48-73(71)87(83-80(85)74(86)49-69-66-31-15-18-38-77(66)90-84(69)83)82-60(56-25-9-3-10-26-56)32-19-33-61(82)57-27-11-4-12-28-57/h1-51H. The molecule has 0 spiro atoms. The lowest BCUT2D eigenvalue weighted by molar-refractivity contribution is 1.27. The summed E-state index contributed by atoms with van der Waals surface area (Å²) >= 11 is 5.75. The van der Waals surface area contributed by atoms with Gasteiger partial charge in [-0.1, -0.05) is 261 Å². The summed E-state index contributed by atoms with van der Waals surface area (Å²) in [6.07, 6.45) is 0. The highest BCUT2D eigenvalue weighted by atomic mass is 32.1. The van der Waals surface area contributed by atoms with Crippen LogP contribution in [0.5, 0.6) is 0 Å². The van der Waals surface area contributed by atoms with Crippen molar-refractivity contribution in [2.24, 2.45) is 0 Å². The van der Waals surface area contributed by atoms with Gasteiger partial charge in [0.15, 0.2) is 0 Å². The molecule has 6 heteroatoms. The van der Waals surface area contributed by atoms with E-state index in [2.05, 4.69) is 319 Å². The first kappa shape index (κ1) is 51.4. The molecule has 0 amide bonds. The maximum absolute atomic E-state index is 2.75. The van der Waals surface area contributed by atoms with Crippen molar-refractivity contribution in [1.29, 1.82) is 0 Å². The highest BCUT2D eigenvalue weighted by molar-refractivity contribution is 7.27. The molecule has 3 aromatic heterocycles. The number of benzene rings is 14. The Balaban J connectivity index is 0.995. The molecular weight excluding hydrogens is 1140 g/mol. The molecule has 0 atom stereocenters. The number of thiophene rings is 3. The van der Waals surface area contributed by atoms with Crippen molar-refractivity contribution in [3.63, 3.8) is 0 Å². The fraction of sp³-hybridized carbons (Fsp3) is 0. The fourth-order valence-electron chi connectivity index (χ4n) is 14.8. The van der Waals surface area contributed by atoms with E-state index < -0.39 is 0 Å². The van der Waals surface area contributed by atoms with Gasteiger partial charge in [-0.25, -0.2) is 0 Å². The van der Waals surface area contributed by atoms with Crippen LogP contribution < -0.4 is 26.2 Å². The molecular formula is C84H51BN2S3. The summed E-state index contributed by atoms with van der Waals surface area (Å²) in [5, 5.41) is 7.60. The Morgan fingerprint density at radius 2 is 0.556 bits per heavy atom. The molecule has 0 radical (unpaired) electrons. The Morgan fingerprint density at radius 1 is 0.222 bits per heavy atom. The van der Waals surface area contributed by atoms with Crippen molar-refractivity contribution in [2.45, 2.75) is 0 Å². The zero-order chi connectivity index (χ0) is 59.0. The normalized spacial score (nSPS) is 12.6. The molecule has 0 saturated heterocycles. The summed E-state index contributed by atoms with van der Waals surface area (Å²) in [5.74, 6) is 0. The van der Waals surface area contributed by atoms with E-state index in [0.29, 0.717) is 0 Å². The Kier molecular flexibility index (Phi) is 11.7. The van der Waals surface area contributed by atoms with E-state index in [4.69, 9.17) is 0 Å². The smallest absolute Gasteiger partial charge is 0.252 e. The zero-order valence-corrected chi connectivity index (χ0v) is 51.1. The summed E-state index contributed by atoms with van der Waals surface area (Å²) in [5.41, 5.74) is 25.1. The first-order chi connectivity index (χ1) is 44.6. The van der Waals surface area contributed by atoms with Crippen LogP contribution in [-0.2, 0) is 0 Å². The molecule has 0 saturated carbocycles. The molecule has 19 rings (SSSR count). The molecule has 2 nitrogen and oxygen atoms in total. The van der Waals surface area contributed by atoms with E-state index in [-0.39, 0.29) is 6.71 Å². The van der Waals surface area contributed by atoms with Gasteiger partial charge in [-0.3, -0.25) is 0 Å². The number of fused-ring (bicyclic) bond motifs is 14. The van der Waals surface area contributed by atoms with Crippen LogP contribution in [0.15, 0.2) is 309 Å². The van der Waals surface area contributed by atoms with E-state index >= 15 is 0 Å². The third-order valence-electron chi connectivity index (χ3n) is 18.9. The van der Waals surface area contributed by atoms with Gasteiger partial charge in [0.05, 0.1) is 21.8 Å². The molecule has 2 aliphatic rings. The summed E-state index contributed by atoms with van der Waals surface area (Å²) in [6, 6.07) is 116. The lowest BCUT2D eigenvalue weighted by Crippen LogP contribution is -2.61. The first-order valence-electron chi connectivity index (χ1n) is 30.8.